The highest BCUT2D eigenvalue weighted by atomic mass is 16.5. The van der Waals surface area contributed by atoms with Crippen molar-refractivity contribution in [3.8, 4) is 0 Å². The van der Waals surface area contributed by atoms with E-state index in [2.05, 4.69) is 27.5 Å². The molecule has 0 aliphatic heterocycles. The summed E-state index contributed by atoms with van der Waals surface area (Å²) in [5.74, 6) is 2.45. The molecular weight excluding hydrogens is 240 g/mol. The van der Waals surface area contributed by atoms with Crippen molar-refractivity contribution in [2.45, 2.75) is 51.7 Å². The van der Waals surface area contributed by atoms with E-state index in [0.717, 1.165) is 23.9 Å². The van der Waals surface area contributed by atoms with Crippen LogP contribution >= 0.6 is 0 Å². The van der Waals surface area contributed by atoms with E-state index in [1.165, 1.54) is 19.3 Å². The first-order valence-electron chi connectivity index (χ1n) is 7.13. The lowest BCUT2D eigenvalue weighted by Gasteiger charge is -2.42. The van der Waals surface area contributed by atoms with Gasteiger partial charge >= 0.3 is 0 Å². The van der Waals surface area contributed by atoms with Crippen LogP contribution in [0.2, 0.25) is 0 Å². The third kappa shape index (κ3) is 3.35. The first kappa shape index (κ1) is 14.1. The molecule has 1 aliphatic rings. The van der Waals surface area contributed by atoms with Crippen LogP contribution in [0.1, 0.15) is 45.4 Å². The summed E-state index contributed by atoms with van der Waals surface area (Å²) in [5, 5.41) is 6.66. The molecule has 0 spiro atoms. The number of rotatable bonds is 7. The average Bonchev–Trinajstić information content (AvgIpc) is 2.40. The molecule has 0 bridgehead atoms. The molecule has 0 radical (unpaired) electrons. The molecular formula is C14H24N4O. The Morgan fingerprint density at radius 3 is 2.53 bits per heavy atom. The van der Waals surface area contributed by atoms with Crippen molar-refractivity contribution in [2.24, 2.45) is 0 Å². The van der Waals surface area contributed by atoms with Gasteiger partial charge in [-0.05, 0) is 32.6 Å². The molecule has 2 N–H and O–H groups in total. The Hall–Kier alpha value is -1.36. The van der Waals surface area contributed by atoms with Gasteiger partial charge in [-0.2, -0.15) is 0 Å². The van der Waals surface area contributed by atoms with E-state index in [1.54, 1.807) is 0 Å². The summed E-state index contributed by atoms with van der Waals surface area (Å²) in [4.78, 5) is 8.95. The van der Waals surface area contributed by atoms with Gasteiger partial charge in [0.25, 0.3) is 0 Å². The van der Waals surface area contributed by atoms with E-state index < -0.39 is 0 Å². The summed E-state index contributed by atoms with van der Waals surface area (Å²) in [6.45, 7) is 5.34. The Morgan fingerprint density at radius 1 is 1.26 bits per heavy atom. The summed E-state index contributed by atoms with van der Waals surface area (Å²) in [5.41, 5.74) is 0.238. The molecule has 1 heterocycles. The minimum atomic E-state index is 0.238. The maximum atomic E-state index is 5.39. The highest BCUT2D eigenvalue weighted by Crippen LogP contribution is 2.37. The summed E-state index contributed by atoms with van der Waals surface area (Å²) in [6.07, 6.45) is 4.88. The van der Waals surface area contributed by atoms with E-state index >= 15 is 0 Å². The number of nitrogens with zero attached hydrogens (tertiary/aromatic N) is 2. The fourth-order valence-corrected chi connectivity index (χ4v) is 2.39. The fourth-order valence-electron chi connectivity index (χ4n) is 2.39. The fraction of sp³-hybridized carbons (Fsp3) is 0.714. The van der Waals surface area contributed by atoms with E-state index in [4.69, 9.17) is 4.74 Å². The normalized spacial score (nSPS) is 16.8. The molecule has 1 aliphatic carbocycles. The second-order valence-corrected chi connectivity index (χ2v) is 5.05. The zero-order valence-corrected chi connectivity index (χ0v) is 12.1. The Morgan fingerprint density at radius 2 is 2.00 bits per heavy atom. The monoisotopic (exact) mass is 264 g/mol. The van der Waals surface area contributed by atoms with Gasteiger partial charge in [-0.15, -0.1) is 0 Å². The number of hydrogen-bond acceptors (Lipinski definition) is 5. The lowest BCUT2D eigenvalue weighted by atomic mass is 9.75. The van der Waals surface area contributed by atoms with Gasteiger partial charge in [-0.25, -0.2) is 9.97 Å². The quantitative estimate of drug-likeness (QED) is 0.793. The number of hydrogen-bond donors (Lipinski definition) is 2. The lowest BCUT2D eigenvalue weighted by Crippen LogP contribution is -2.44. The van der Waals surface area contributed by atoms with Crippen molar-refractivity contribution >= 4 is 11.6 Å². The Balaban J connectivity index is 2.14. The van der Waals surface area contributed by atoms with Crippen LogP contribution in [0, 0.1) is 0 Å². The van der Waals surface area contributed by atoms with Crippen LogP contribution in [0.3, 0.4) is 0 Å². The summed E-state index contributed by atoms with van der Waals surface area (Å²) >= 11 is 0. The molecule has 5 nitrogen and oxygen atoms in total. The molecule has 19 heavy (non-hydrogen) atoms. The minimum absolute atomic E-state index is 0.238. The zero-order chi connectivity index (χ0) is 13.7. The summed E-state index contributed by atoms with van der Waals surface area (Å²) in [6, 6.07) is 1.96. The van der Waals surface area contributed by atoms with Crippen molar-refractivity contribution in [3.05, 3.63) is 11.9 Å². The third-order valence-corrected chi connectivity index (χ3v) is 3.84. The van der Waals surface area contributed by atoms with Crippen LogP contribution in [0.4, 0.5) is 11.6 Å². The number of anilines is 2. The first-order valence-corrected chi connectivity index (χ1v) is 7.13. The number of aromatic nitrogens is 2. The maximum Gasteiger partial charge on any atom is 0.158 e. The van der Waals surface area contributed by atoms with Gasteiger partial charge < -0.3 is 15.4 Å². The molecule has 1 saturated carbocycles. The molecule has 5 heteroatoms. The van der Waals surface area contributed by atoms with E-state index in [9.17, 15) is 0 Å². The predicted molar refractivity (Wildman–Crippen MR) is 77.4 cm³/mol. The summed E-state index contributed by atoms with van der Waals surface area (Å²) < 4.78 is 5.39. The third-order valence-electron chi connectivity index (χ3n) is 3.84. The molecule has 2 rings (SSSR count). The SMILES string of the molecule is CCOCc1nc(NC)cc(NC2(CC)CCC2)n1. The molecule has 0 amide bonds. The van der Waals surface area contributed by atoms with Crippen LogP contribution in [0.15, 0.2) is 6.07 Å². The summed E-state index contributed by atoms with van der Waals surface area (Å²) in [7, 11) is 1.87. The van der Waals surface area contributed by atoms with Crippen molar-refractivity contribution in [2.75, 3.05) is 24.3 Å². The standard InChI is InChI=1S/C14H24N4O/c1-4-14(7-6-8-14)18-12-9-11(15-3)16-13(17-12)10-19-5-2/h9H,4-8,10H2,1-3H3,(H2,15,16,17,18). The largest absolute Gasteiger partial charge is 0.374 e. The molecule has 0 saturated heterocycles. The van der Waals surface area contributed by atoms with Crippen molar-refractivity contribution < 1.29 is 4.74 Å². The smallest absolute Gasteiger partial charge is 0.158 e. The lowest BCUT2D eigenvalue weighted by molar-refractivity contribution is 0.128. The topological polar surface area (TPSA) is 59.1 Å². The van der Waals surface area contributed by atoms with Gasteiger partial charge in [0.1, 0.15) is 18.2 Å². The second-order valence-electron chi connectivity index (χ2n) is 5.05. The van der Waals surface area contributed by atoms with E-state index in [0.29, 0.717) is 13.2 Å². The first-order chi connectivity index (χ1) is 9.21. The highest BCUT2D eigenvalue weighted by Gasteiger charge is 2.35. The molecule has 1 fully saturated rings. The minimum Gasteiger partial charge on any atom is -0.374 e. The van der Waals surface area contributed by atoms with Crippen LogP contribution in [-0.4, -0.2) is 29.2 Å². The van der Waals surface area contributed by atoms with Crippen molar-refractivity contribution in [1.29, 1.82) is 0 Å². The Labute approximate surface area is 115 Å². The van der Waals surface area contributed by atoms with Crippen molar-refractivity contribution in [1.82, 2.24) is 9.97 Å². The van der Waals surface area contributed by atoms with Crippen LogP contribution in [0.5, 0.6) is 0 Å². The average molecular weight is 264 g/mol. The van der Waals surface area contributed by atoms with E-state index in [-0.39, 0.29) is 5.54 Å². The predicted octanol–water partition coefficient (Wildman–Crippen LogP) is 2.80. The number of nitrogens with one attached hydrogen (secondary N) is 2. The van der Waals surface area contributed by atoms with Gasteiger partial charge in [0.15, 0.2) is 5.82 Å². The maximum absolute atomic E-state index is 5.39. The molecule has 106 valence electrons. The van der Waals surface area contributed by atoms with Gasteiger partial charge in [-0.1, -0.05) is 6.92 Å². The number of ether oxygens (including phenoxy) is 1. The highest BCUT2D eigenvalue weighted by molar-refractivity contribution is 5.49. The van der Waals surface area contributed by atoms with Crippen LogP contribution in [-0.2, 0) is 11.3 Å². The Kier molecular flexibility index (Phi) is 4.58. The van der Waals surface area contributed by atoms with Gasteiger partial charge in [0.05, 0.1) is 0 Å². The molecule has 0 atom stereocenters. The van der Waals surface area contributed by atoms with E-state index in [1.807, 2.05) is 20.0 Å². The van der Waals surface area contributed by atoms with Gasteiger partial charge in [0, 0.05) is 25.3 Å². The molecule has 1 aromatic rings. The Bertz CT molecular complexity index is 412. The van der Waals surface area contributed by atoms with Crippen LogP contribution in [0.25, 0.3) is 0 Å². The van der Waals surface area contributed by atoms with Gasteiger partial charge in [-0.3, -0.25) is 0 Å². The zero-order valence-electron chi connectivity index (χ0n) is 12.1. The molecule has 0 unspecified atom stereocenters. The molecule has 1 aromatic heterocycles. The van der Waals surface area contributed by atoms with Gasteiger partial charge in [0.2, 0.25) is 0 Å². The molecule has 0 aromatic carbocycles. The van der Waals surface area contributed by atoms with Crippen molar-refractivity contribution in [3.63, 3.8) is 0 Å². The van der Waals surface area contributed by atoms with Crippen LogP contribution < -0.4 is 10.6 Å². The second kappa shape index (κ2) is 6.19.